The van der Waals surface area contributed by atoms with E-state index in [-0.39, 0.29) is 23.3 Å². The molecule has 2 aromatic rings. The SMILES string of the molecule is CNC(=O)[C@@H](NC(=O)C(=O)c1c(C)c(C(=O)Nc2ccc(C)c(Cl)c2)n2c1CCC2)C(C)C. The highest BCUT2D eigenvalue weighted by Crippen LogP contribution is 2.30. The fourth-order valence-electron chi connectivity index (χ4n) is 4.18. The van der Waals surface area contributed by atoms with Gasteiger partial charge in [-0.05, 0) is 55.9 Å². The number of hydrogen-bond acceptors (Lipinski definition) is 4. The van der Waals surface area contributed by atoms with Gasteiger partial charge in [-0.2, -0.15) is 0 Å². The number of carbonyl (C=O) groups is 4. The average molecular weight is 473 g/mol. The van der Waals surface area contributed by atoms with Crippen molar-refractivity contribution in [2.45, 2.75) is 53.1 Å². The fraction of sp³-hybridized carbons (Fsp3) is 0.417. The minimum absolute atomic E-state index is 0.203. The number of amides is 3. The molecule has 0 spiro atoms. The highest BCUT2D eigenvalue weighted by Gasteiger charge is 2.34. The molecule has 0 saturated heterocycles. The van der Waals surface area contributed by atoms with E-state index in [9.17, 15) is 19.2 Å². The number of aromatic nitrogens is 1. The third kappa shape index (κ3) is 4.80. The fourth-order valence-corrected chi connectivity index (χ4v) is 4.36. The number of rotatable bonds is 7. The lowest BCUT2D eigenvalue weighted by Crippen LogP contribution is -2.50. The van der Waals surface area contributed by atoms with Gasteiger partial charge in [-0.15, -0.1) is 0 Å². The van der Waals surface area contributed by atoms with E-state index >= 15 is 0 Å². The molecule has 0 saturated carbocycles. The third-order valence-corrected chi connectivity index (χ3v) is 6.38. The molecular weight excluding hydrogens is 444 g/mol. The monoisotopic (exact) mass is 472 g/mol. The number of anilines is 1. The molecule has 8 nitrogen and oxygen atoms in total. The Balaban J connectivity index is 1.91. The lowest BCUT2D eigenvalue weighted by molar-refractivity contribution is -0.127. The number of carbonyl (C=O) groups excluding carboxylic acids is 4. The molecule has 1 aliphatic heterocycles. The molecule has 0 fully saturated rings. The average Bonchev–Trinajstić information content (AvgIpc) is 3.32. The number of Topliss-reactive ketones (excluding diaryl/α,β-unsaturated/α-hetero) is 1. The molecule has 1 aromatic carbocycles. The predicted octanol–water partition coefficient (Wildman–Crippen LogP) is 3.03. The summed E-state index contributed by atoms with van der Waals surface area (Å²) in [5, 5.41) is 8.42. The summed E-state index contributed by atoms with van der Waals surface area (Å²) in [6.07, 6.45) is 1.35. The molecule has 9 heteroatoms. The first-order valence-corrected chi connectivity index (χ1v) is 11.3. The van der Waals surface area contributed by atoms with Crippen LogP contribution < -0.4 is 16.0 Å². The van der Waals surface area contributed by atoms with Crippen molar-refractivity contribution in [3.05, 3.63) is 51.3 Å². The molecule has 1 aliphatic rings. The second kappa shape index (κ2) is 9.79. The highest BCUT2D eigenvalue weighted by atomic mass is 35.5. The number of benzene rings is 1. The van der Waals surface area contributed by atoms with Gasteiger partial charge in [0.15, 0.2) is 0 Å². The Morgan fingerprint density at radius 1 is 1.12 bits per heavy atom. The summed E-state index contributed by atoms with van der Waals surface area (Å²) in [5.41, 5.74) is 3.13. The Morgan fingerprint density at radius 2 is 1.82 bits per heavy atom. The molecule has 33 heavy (non-hydrogen) atoms. The zero-order valence-electron chi connectivity index (χ0n) is 19.5. The van der Waals surface area contributed by atoms with Crippen LogP contribution in [0.4, 0.5) is 5.69 Å². The minimum atomic E-state index is -0.863. The molecular formula is C24H29ClN4O4. The van der Waals surface area contributed by atoms with Crippen molar-refractivity contribution >= 4 is 40.8 Å². The summed E-state index contributed by atoms with van der Waals surface area (Å²) in [6.45, 7) is 7.68. The number of likely N-dealkylation sites (N-methyl/N-ethyl adjacent to an activating group) is 1. The van der Waals surface area contributed by atoms with Crippen LogP contribution in [-0.4, -0.2) is 41.2 Å². The van der Waals surface area contributed by atoms with Crippen molar-refractivity contribution in [3.63, 3.8) is 0 Å². The normalized spacial score (nSPS) is 13.4. The molecule has 2 heterocycles. The van der Waals surface area contributed by atoms with Gasteiger partial charge < -0.3 is 20.5 Å². The molecule has 1 atom stereocenters. The van der Waals surface area contributed by atoms with Gasteiger partial charge >= 0.3 is 0 Å². The van der Waals surface area contributed by atoms with Gasteiger partial charge in [0.25, 0.3) is 17.6 Å². The van der Waals surface area contributed by atoms with E-state index < -0.39 is 17.7 Å². The zero-order chi connectivity index (χ0) is 24.4. The number of aryl methyl sites for hydroxylation is 1. The van der Waals surface area contributed by atoms with E-state index in [0.29, 0.717) is 40.6 Å². The number of ketones is 1. The second-order valence-corrected chi connectivity index (χ2v) is 9.01. The summed E-state index contributed by atoms with van der Waals surface area (Å²) >= 11 is 6.17. The van der Waals surface area contributed by atoms with Gasteiger partial charge in [0.1, 0.15) is 11.7 Å². The summed E-state index contributed by atoms with van der Waals surface area (Å²) < 4.78 is 1.81. The molecule has 1 aromatic heterocycles. The van der Waals surface area contributed by atoms with Crippen LogP contribution >= 0.6 is 11.6 Å². The first-order valence-electron chi connectivity index (χ1n) is 10.9. The molecule has 0 aliphatic carbocycles. The molecule has 176 valence electrons. The number of fused-ring (bicyclic) bond motifs is 1. The zero-order valence-corrected chi connectivity index (χ0v) is 20.2. The maximum atomic E-state index is 13.2. The van der Waals surface area contributed by atoms with Gasteiger partial charge in [-0.1, -0.05) is 31.5 Å². The smallest absolute Gasteiger partial charge is 0.293 e. The molecule has 3 N–H and O–H groups in total. The van der Waals surface area contributed by atoms with Crippen LogP contribution in [0.15, 0.2) is 18.2 Å². The van der Waals surface area contributed by atoms with Gasteiger partial charge in [-0.3, -0.25) is 19.2 Å². The molecule has 0 bridgehead atoms. The maximum Gasteiger partial charge on any atom is 0.293 e. The lowest BCUT2D eigenvalue weighted by atomic mass is 10.00. The largest absolute Gasteiger partial charge is 0.357 e. The Bertz CT molecular complexity index is 1140. The van der Waals surface area contributed by atoms with E-state index in [1.54, 1.807) is 37.5 Å². The number of halogens is 1. The van der Waals surface area contributed by atoms with E-state index in [1.165, 1.54) is 7.05 Å². The van der Waals surface area contributed by atoms with Gasteiger partial charge in [0.05, 0.1) is 5.56 Å². The Morgan fingerprint density at radius 3 is 2.42 bits per heavy atom. The van der Waals surface area contributed by atoms with Gasteiger partial charge in [-0.25, -0.2) is 0 Å². The first-order chi connectivity index (χ1) is 15.6. The molecule has 0 unspecified atom stereocenters. The minimum Gasteiger partial charge on any atom is -0.357 e. The number of hydrogen-bond donors (Lipinski definition) is 3. The third-order valence-electron chi connectivity index (χ3n) is 5.97. The predicted molar refractivity (Wildman–Crippen MR) is 127 cm³/mol. The summed E-state index contributed by atoms with van der Waals surface area (Å²) in [5.74, 6) is -2.56. The second-order valence-electron chi connectivity index (χ2n) is 8.61. The first kappa shape index (κ1) is 24.5. The lowest BCUT2D eigenvalue weighted by Gasteiger charge is -2.20. The standard InChI is InChI=1S/C24H29ClN4O4/c1-12(2)19(22(31)26-5)28-24(33)21(30)18-14(4)20(29-10-6-7-17(18)29)23(32)27-15-9-8-13(3)16(25)11-15/h8-9,11-12,19H,6-7,10H2,1-5H3,(H,26,31)(H,27,32)(H,28,33)/t19-/m0/s1. The summed E-state index contributed by atoms with van der Waals surface area (Å²) in [7, 11) is 1.47. The Labute approximate surface area is 198 Å². The molecule has 3 rings (SSSR count). The topological polar surface area (TPSA) is 109 Å². The Kier molecular flexibility index (Phi) is 7.27. The van der Waals surface area contributed by atoms with Crippen molar-refractivity contribution in [1.29, 1.82) is 0 Å². The van der Waals surface area contributed by atoms with Gasteiger partial charge in [0.2, 0.25) is 5.91 Å². The van der Waals surface area contributed by atoms with E-state index in [4.69, 9.17) is 11.6 Å². The van der Waals surface area contributed by atoms with E-state index in [1.807, 2.05) is 13.0 Å². The van der Waals surface area contributed by atoms with E-state index in [0.717, 1.165) is 12.0 Å². The van der Waals surface area contributed by atoms with Crippen LogP contribution in [0.5, 0.6) is 0 Å². The van der Waals surface area contributed by atoms with Crippen LogP contribution in [0.3, 0.4) is 0 Å². The summed E-state index contributed by atoms with van der Waals surface area (Å²) in [6, 6.07) is 4.40. The van der Waals surface area contributed by atoms with Crippen LogP contribution in [0.1, 0.15) is 57.9 Å². The summed E-state index contributed by atoms with van der Waals surface area (Å²) in [4.78, 5) is 51.2. The van der Waals surface area contributed by atoms with Crippen LogP contribution in [0.25, 0.3) is 0 Å². The van der Waals surface area contributed by atoms with Crippen molar-refractivity contribution in [3.8, 4) is 0 Å². The quantitative estimate of drug-likeness (QED) is 0.425. The molecule has 3 amide bonds. The van der Waals surface area contributed by atoms with Gasteiger partial charge in [0, 0.05) is 30.0 Å². The number of nitrogens with one attached hydrogen (secondary N) is 3. The molecule has 0 radical (unpaired) electrons. The maximum absolute atomic E-state index is 13.2. The van der Waals surface area contributed by atoms with Crippen LogP contribution in [-0.2, 0) is 22.6 Å². The van der Waals surface area contributed by atoms with Crippen molar-refractivity contribution < 1.29 is 19.2 Å². The number of nitrogens with zero attached hydrogens (tertiary/aromatic N) is 1. The van der Waals surface area contributed by atoms with Crippen molar-refractivity contribution in [2.24, 2.45) is 5.92 Å². The van der Waals surface area contributed by atoms with Crippen LogP contribution in [0.2, 0.25) is 5.02 Å². The highest BCUT2D eigenvalue weighted by molar-refractivity contribution is 6.44. The van der Waals surface area contributed by atoms with Crippen molar-refractivity contribution in [1.82, 2.24) is 15.2 Å². The van der Waals surface area contributed by atoms with E-state index in [2.05, 4.69) is 16.0 Å². The van der Waals surface area contributed by atoms with Crippen LogP contribution in [0, 0.1) is 19.8 Å². The van der Waals surface area contributed by atoms with Crippen molar-refractivity contribution in [2.75, 3.05) is 12.4 Å². The Hall–Kier alpha value is -3.13.